The molecule has 37 heteroatoms. The van der Waals surface area contributed by atoms with E-state index < -0.39 is 0 Å². The van der Waals surface area contributed by atoms with Crippen LogP contribution in [-0.4, -0.2) is 181 Å². The zero-order valence-electron chi connectivity index (χ0n) is 76.2. The second-order valence-electron chi connectivity index (χ2n) is 36.3. The molecule has 18 rings (SSSR count). The Kier molecular flexibility index (Phi) is 29.3. The molecule has 0 aliphatic carbocycles. The van der Waals surface area contributed by atoms with Gasteiger partial charge >= 0.3 is 0 Å². The fourth-order valence-corrected chi connectivity index (χ4v) is 21.4. The number of rotatable bonds is 13. The number of ketones is 1. The Hall–Kier alpha value is -8.70. The minimum Gasteiger partial charge on any atom is -0.456 e. The number of Topliss-reactive ketones (excluding diaryl/α,β-unsaturated/α-hetero) is 1. The Morgan fingerprint density at radius 1 is 0.402 bits per heavy atom. The van der Waals surface area contributed by atoms with Crippen LogP contribution in [0.1, 0.15) is 136 Å². The van der Waals surface area contributed by atoms with Gasteiger partial charge in [0, 0.05) is 129 Å². The van der Waals surface area contributed by atoms with Crippen molar-refractivity contribution in [2.75, 3.05) is 98.4 Å². The van der Waals surface area contributed by atoms with Gasteiger partial charge in [0.05, 0.1) is 120 Å². The molecule has 5 aromatic heterocycles. The van der Waals surface area contributed by atoms with E-state index in [9.17, 15) is 24.0 Å². The van der Waals surface area contributed by atoms with E-state index in [1.807, 2.05) is 41.5 Å². The molecule has 8 N–H and O–H groups in total. The number of nitrogens with zero attached hydrogens (tertiary/aromatic N) is 14. The van der Waals surface area contributed by atoms with Gasteiger partial charge in [0.1, 0.15) is 73.9 Å². The molecule has 704 valence electrons. The van der Waals surface area contributed by atoms with Gasteiger partial charge in [0.25, 0.3) is 22.2 Å². The second kappa shape index (κ2) is 39.6. The van der Waals surface area contributed by atoms with Crippen LogP contribution in [0.5, 0.6) is 23.1 Å². The molecule has 0 bridgehead atoms. The number of piperidine rings is 4. The molecule has 8 fully saturated rings. The number of nitrogens with two attached hydrogens (primary N) is 4. The van der Waals surface area contributed by atoms with Crippen molar-refractivity contribution in [3.8, 4) is 45.9 Å². The third-order valence-corrected chi connectivity index (χ3v) is 31.7. The molecule has 13 heterocycles. The van der Waals surface area contributed by atoms with E-state index in [0.29, 0.717) is 155 Å². The van der Waals surface area contributed by atoms with Crippen LogP contribution >= 0.6 is 92.8 Å². The van der Waals surface area contributed by atoms with E-state index in [1.165, 1.54) is 25.2 Å². The predicted molar refractivity (Wildman–Crippen MR) is 521 cm³/mol. The van der Waals surface area contributed by atoms with Gasteiger partial charge in [-0.3, -0.25) is 46.9 Å². The molecular weight excluding hydrogens is 1850 g/mol. The predicted octanol–water partition coefficient (Wildman–Crippen LogP) is 16.2. The third kappa shape index (κ3) is 19.0. The third-order valence-electron chi connectivity index (χ3n) is 28.3. The van der Waals surface area contributed by atoms with Crippen LogP contribution in [0.15, 0.2) is 122 Å². The quantitative estimate of drug-likeness (QED) is 0.0779. The molecule has 8 aliphatic rings. The highest BCUT2D eigenvalue weighted by Gasteiger charge is 2.52. The standard InChI is InChI=1S/C29H32Cl2N4O4.C25H30Cl2N6O3.C21H26Cl2N4O2.C20H24Cl2N4O2/c1-16-27(34-13-11-29(12-14-34)15-38-18(3)26(29)32)33-19(4)35(28(16)37)22-9-10-23(25(31)24(22)30)39-21-7-5-20(6-8-21)17(2)36;1-14-23(32-11-8-25(9-12-32)13-35-15(2)22(25)28)29-16(3)33(24(14)34)17-5-6-18(21(27)20(17)26)36-19-7-10-31(4)30-19;1-12-19(26-9-7-21(8-10-26)11-29-13(2)18(21)24)25-14(3)27(20(12)28)16-6-4-5-15(22)17(16)23;1-12-19(23)20(11-28-12)6-8-25(9-7-20)16-10-17(27)26(13(2)24-16)15-5-3-4-14(21)18(15)22/h5-10,18,26H,11-15,32H2,1-4H3;5-7,10,15,22H,8-9,11-13,28H2,1-4H3;4-6,13,18H,7-11,24H2,1-3H3;3-5,10,12,19H,6-9,11,23H2,1-2H3/t18-,26+;15-,22+;13-,18+;12-,19+/m0000/s1. The van der Waals surface area contributed by atoms with Gasteiger partial charge in [0.2, 0.25) is 5.88 Å². The SMILES string of the molecule is CC(=O)c1ccc(Oc2ccc(-n3c(C)nc(N4CCC5(CC4)CO[C@@H](C)[C@H]5N)c(C)c3=O)c(Cl)c2Cl)cc1.Cc1c(N2CCC3(CC2)CO[C@@H](C)[C@H]3N)nc(C)n(-c2ccc(Oc3ccn(C)n3)c(Cl)c2Cl)c1=O.Cc1c(N2CCC3(CC2)CO[C@@H](C)[C@H]3N)nc(C)n(-c2cccc(Cl)c2Cl)c1=O.Cc1nc(N2CCC3(CC2)CO[C@@H](C)[C@H]3N)cc(=O)n1-c1cccc(Cl)c1Cl. The van der Waals surface area contributed by atoms with Crippen molar-refractivity contribution >= 4 is 122 Å². The topological polar surface area (TPSA) is 347 Å². The summed E-state index contributed by atoms with van der Waals surface area (Å²) >= 11 is 51.3. The Morgan fingerprint density at radius 2 is 0.727 bits per heavy atom. The summed E-state index contributed by atoms with van der Waals surface area (Å²) in [6.07, 6.45) is 9.40. The number of hydrogen-bond acceptors (Lipinski definition) is 24. The van der Waals surface area contributed by atoms with Crippen LogP contribution < -0.4 is 74.2 Å². The fraction of sp³-hybridized carbons (Fsp3) is 0.474. The molecule has 10 aromatic rings. The van der Waals surface area contributed by atoms with Crippen molar-refractivity contribution in [2.24, 2.45) is 51.6 Å². The number of ether oxygens (including phenoxy) is 6. The van der Waals surface area contributed by atoms with Crippen molar-refractivity contribution in [1.29, 1.82) is 0 Å². The summed E-state index contributed by atoms with van der Waals surface area (Å²) in [5, 5.41) is 6.43. The molecular formula is C95H112Cl8N18O11. The minimum atomic E-state index is -0.209. The lowest BCUT2D eigenvalue weighted by atomic mass is 9.73. The van der Waals surface area contributed by atoms with Crippen LogP contribution in [0, 0.1) is 70.1 Å². The highest BCUT2D eigenvalue weighted by Crippen LogP contribution is 2.49. The maximum Gasteiger partial charge on any atom is 0.263 e. The number of aryl methyl sites for hydroxylation is 5. The first-order chi connectivity index (χ1) is 62.7. The Morgan fingerprint density at radius 3 is 1.05 bits per heavy atom. The van der Waals surface area contributed by atoms with Crippen LogP contribution in [-0.2, 0) is 26.0 Å². The van der Waals surface area contributed by atoms with Crippen molar-refractivity contribution in [3.05, 3.63) is 230 Å². The fourth-order valence-electron chi connectivity index (χ4n) is 19.8. The highest BCUT2D eigenvalue weighted by molar-refractivity contribution is 6.45. The highest BCUT2D eigenvalue weighted by atomic mass is 35.5. The summed E-state index contributed by atoms with van der Waals surface area (Å²) in [7, 11) is 1.79. The molecule has 0 radical (unpaired) electrons. The number of halogens is 8. The van der Waals surface area contributed by atoms with E-state index in [2.05, 4.69) is 29.7 Å². The van der Waals surface area contributed by atoms with Gasteiger partial charge in [-0.1, -0.05) is 105 Å². The van der Waals surface area contributed by atoms with Gasteiger partial charge in [-0.15, -0.1) is 5.10 Å². The first kappa shape index (κ1) is 97.8. The van der Waals surface area contributed by atoms with Gasteiger partial charge in [-0.05, 0) is 207 Å². The molecule has 0 unspecified atom stereocenters. The monoisotopic (exact) mass is 1960 g/mol. The normalized spacial score (nSPS) is 22.2. The van der Waals surface area contributed by atoms with Gasteiger partial charge in [-0.2, -0.15) is 0 Å². The van der Waals surface area contributed by atoms with E-state index in [-0.39, 0.29) is 118 Å². The number of benzene rings is 5. The average molecular weight is 1970 g/mol. The van der Waals surface area contributed by atoms with Crippen LogP contribution in [0.25, 0.3) is 22.7 Å². The van der Waals surface area contributed by atoms with E-state index in [4.69, 9.17) is 159 Å². The van der Waals surface area contributed by atoms with Crippen LogP contribution in [0.3, 0.4) is 0 Å². The molecule has 132 heavy (non-hydrogen) atoms. The molecule has 8 saturated heterocycles. The zero-order valence-corrected chi connectivity index (χ0v) is 82.2. The first-order valence-electron chi connectivity index (χ1n) is 44.4. The summed E-state index contributed by atoms with van der Waals surface area (Å²) < 4.78 is 42.6. The molecule has 5 aromatic carbocycles. The number of carbonyl (C=O) groups excluding carboxylic acids is 1. The number of anilines is 4. The van der Waals surface area contributed by atoms with Crippen molar-refractivity contribution < 1.29 is 33.2 Å². The number of hydrogen-bond donors (Lipinski definition) is 4. The van der Waals surface area contributed by atoms with Gasteiger partial charge < -0.3 is 71.0 Å². The van der Waals surface area contributed by atoms with E-state index in [0.717, 1.165) is 110 Å². The Labute approximate surface area is 806 Å². The lowest BCUT2D eigenvalue weighted by molar-refractivity contribution is 0.0973. The van der Waals surface area contributed by atoms with Crippen molar-refractivity contribution in [1.82, 2.24) is 48.0 Å². The number of aromatic nitrogens is 10. The Bertz CT molecular complexity index is 6280. The van der Waals surface area contributed by atoms with E-state index in [1.54, 1.807) is 150 Å². The van der Waals surface area contributed by atoms with Gasteiger partial charge in [-0.25, -0.2) is 19.9 Å². The molecule has 0 amide bonds. The minimum absolute atomic E-state index is 0.00277. The Balaban J connectivity index is 0.000000136. The summed E-state index contributed by atoms with van der Waals surface area (Å²) in [5.41, 5.74) is 29.3. The van der Waals surface area contributed by atoms with Crippen molar-refractivity contribution in [2.45, 2.75) is 183 Å². The van der Waals surface area contributed by atoms with Gasteiger partial charge in [0.15, 0.2) is 5.78 Å². The zero-order chi connectivity index (χ0) is 94.8. The number of carbonyl (C=O) groups is 1. The lowest BCUT2D eigenvalue weighted by Crippen LogP contribution is -2.51. The second-order valence-corrected chi connectivity index (χ2v) is 39.4. The summed E-state index contributed by atoms with van der Waals surface area (Å²) in [6, 6.07) is 27.4. The summed E-state index contributed by atoms with van der Waals surface area (Å²) in [6.45, 7) is 31.3. The van der Waals surface area contributed by atoms with Crippen molar-refractivity contribution in [3.63, 3.8) is 0 Å². The maximum atomic E-state index is 13.6. The average Bonchev–Trinajstić information content (AvgIpc) is 1.50. The van der Waals surface area contributed by atoms with Crippen LogP contribution in [0.2, 0.25) is 40.2 Å². The lowest BCUT2D eigenvalue weighted by Gasteiger charge is -2.42. The molecule has 29 nitrogen and oxygen atoms in total. The van der Waals surface area contributed by atoms with E-state index >= 15 is 0 Å². The summed E-state index contributed by atoms with van der Waals surface area (Å²) in [4.78, 5) is 92.6. The molecule has 8 aliphatic heterocycles. The maximum absolute atomic E-state index is 13.6. The first-order valence-corrected chi connectivity index (χ1v) is 47.4. The molecule has 4 spiro atoms. The molecule has 0 saturated carbocycles. The summed E-state index contributed by atoms with van der Waals surface area (Å²) in [5.74, 6) is 6.51. The van der Waals surface area contributed by atoms with Crippen LogP contribution in [0.4, 0.5) is 23.3 Å². The largest absolute Gasteiger partial charge is 0.456 e. The molecule has 8 atom stereocenters. The smallest absolute Gasteiger partial charge is 0.263 e.